The molecule has 4 nitrogen and oxygen atoms in total. The average Bonchev–Trinajstić information content (AvgIpc) is 2.09. The molecule has 0 aromatic rings. The molecule has 0 fully saturated rings. The summed E-state index contributed by atoms with van der Waals surface area (Å²) in [6, 6.07) is 0. The van der Waals surface area contributed by atoms with E-state index in [1.165, 1.54) is 0 Å². The Morgan fingerprint density at radius 2 is 1.69 bits per heavy atom. The van der Waals surface area contributed by atoms with Gasteiger partial charge in [-0.1, -0.05) is 0 Å². The Bertz CT molecular complexity index is 118. The van der Waals surface area contributed by atoms with Crippen LogP contribution in [0.1, 0.15) is 0 Å². The van der Waals surface area contributed by atoms with Crippen molar-refractivity contribution in [2.75, 3.05) is 60.7 Å². The lowest BCUT2D eigenvalue weighted by molar-refractivity contribution is -0.891. The van der Waals surface area contributed by atoms with Gasteiger partial charge in [0.25, 0.3) is 0 Å². The summed E-state index contributed by atoms with van der Waals surface area (Å²) < 4.78 is 11.3. The molecule has 0 aliphatic heterocycles. The molecule has 4 heteroatoms. The molecule has 0 amide bonds. The predicted molar refractivity (Wildman–Crippen MR) is 53.6 cm³/mol. The molecule has 0 saturated carbocycles. The highest BCUT2D eigenvalue weighted by molar-refractivity contribution is 4.36. The van der Waals surface area contributed by atoms with Gasteiger partial charge in [0, 0.05) is 13.7 Å². The number of likely N-dealkylation sites (N-methyl/N-ethyl adjacent to an activating group) is 1. The zero-order valence-corrected chi connectivity index (χ0v) is 9.08. The van der Waals surface area contributed by atoms with Gasteiger partial charge in [-0.2, -0.15) is 0 Å². The van der Waals surface area contributed by atoms with Crippen molar-refractivity contribution < 1.29 is 14.0 Å². The van der Waals surface area contributed by atoms with E-state index in [1.807, 2.05) is 0 Å². The lowest BCUT2D eigenvalue weighted by Gasteiger charge is -2.29. The van der Waals surface area contributed by atoms with Crippen molar-refractivity contribution in [2.24, 2.45) is 5.73 Å². The maximum Gasteiger partial charge on any atom is 0.102 e. The number of rotatable bonds is 8. The molecule has 0 spiro atoms. The van der Waals surface area contributed by atoms with E-state index in [0.29, 0.717) is 13.2 Å². The molecule has 13 heavy (non-hydrogen) atoms. The highest BCUT2D eigenvalue weighted by Gasteiger charge is 2.13. The monoisotopic (exact) mass is 191 g/mol. The van der Waals surface area contributed by atoms with Gasteiger partial charge in [-0.15, -0.1) is 0 Å². The molecule has 0 rings (SSSR count). The molecule has 80 valence electrons. The topological polar surface area (TPSA) is 44.5 Å². The van der Waals surface area contributed by atoms with Crippen LogP contribution in [0.3, 0.4) is 0 Å². The molecule has 2 N–H and O–H groups in total. The molecule has 0 radical (unpaired) electrons. The number of ether oxygens (including phenoxy) is 2. The first-order valence-corrected chi connectivity index (χ1v) is 4.71. The predicted octanol–water partition coefficient (Wildman–Crippen LogP) is -0.315. The lowest BCUT2D eigenvalue weighted by Crippen LogP contribution is -2.44. The Labute approximate surface area is 81.2 Å². The summed E-state index contributed by atoms with van der Waals surface area (Å²) in [6.45, 7) is 4.85. The van der Waals surface area contributed by atoms with Crippen LogP contribution < -0.4 is 5.73 Å². The first-order chi connectivity index (χ1) is 6.12. The molecule has 0 heterocycles. The number of quaternary nitrogens is 1. The van der Waals surface area contributed by atoms with Crippen LogP contribution in [0.5, 0.6) is 0 Å². The summed E-state index contributed by atoms with van der Waals surface area (Å²) in [5.74, 6) is 0. The summed E-state index contributed by atoms with van der Waals surface area (Å²) in [6.07, 6.45) is 0. The third kappa shape index (κ3) is 8.18. The maximum atomic E-state index is 5.32. The minimum absolute atomic E-state index is 0.603. The van der Waals surface area contributed by atoms with Gasteiger partial charge < -0.3 is 19.7 Å². The van der Waals surface area contributed by atoms with Crippen molar-refractivity contribution in [3.63, 3.8) is 0 Å². The Hall–Kier alpha value is -0.160. The minimum atomic E-state index is 0.603. The quantitative estimate of drug-likeness (QED) is 0.422. The van der Waals surface area contributed by atoms with Crippen LogP contribution >= 0.6 is 0 Å². The molecule has 0 aliphatic rings. The fraction of sp³-hybridized carbons (Fsp3) is 1.00. The van der Waals surface area contributed by atoms with Crippen LogP contribution in [0.15, 0.2) is 0 Å². The van der Waals surface area contributed by atoms with E-state index in [2.05, 4.69) is 14.1 Å². The van der Waals surface area contributed by atoms with Crippen LogP contribution in [0.4, 0.5) is 0 Å². The van der Waals surface area contributed by atoms with E-state index in [1.54, 1.807) is 7.11 Å². The Morgan fingerprint density at radius 3 is 2.23 bits per heavy atom. The van der Waals surface area contributed by atoms with E-state index in [4.69, 9.17) is 15.2 Å². The number of methoxy groups -OCH3 is 1. The normalized spacial score (nSPS) is 12.0. The Kier molecular flexibility index (Phi) is 7.17. The van der Waals surface area contributed by atoms with Crippen molar-refractivity contribution in [2.45, 2.75) is 0 Å². The molecule has 0 saturated heterocycles. The molecular formula is C9H23N2O2+. The zero-order valence-electron chi connectivity index (χ0n) is 9.08. The second-order valence-electron chi connectivity index (χ2n) is 3.78. The van der Waals surface area contributed by atoms with Crippen LogP contribution in [-0.2, 0) is 9.47 Å². The van der Waals surface area contributed by atoms with E-state index >= 15 is 0 Å². The van der Waals surface area contributed by atoms with Crippen molar-refractivity contribution in [1.29, 1.82) is 0 Å². The zero-order chi connectivity index (χ0) is 10.2. The first kappa shape index (κ1) is 12.8. The van der Waals surface area contributed by atoms with Gasteiger partial charge in [0.1, 0.15) is 13.1 Å². The van der Waals surface area contributed by atoms with Crippen LogP contribution in [0, 0.1) is 0 Å². The number of nitrogens with two attached hydrogens (primary N) is 1. The van der Waals surface area contributed by atoms with Gasteiger partial charge in [0.15, 0.2) is 0 Å². The standard InChI is InChI=1S/C9H23N2O2/c1-11(2,5-8-12-3)6-9-13-7-4-10/h4-10H2,1-3H3/q+1. The Morgan fingerprint density at radius 1 is 1.08 bits per heavy atom. The summed E-state index contributed by atoms with van der Waals surface area (Å²) in [7, 11) is 6.07. The van der Waals surface area contributed by atoms with Crippen LogP contribution in [0.25, 0.3) is 0 Å². The smallest absolute Gasteiger partial charge is 0.102 e. The second kappa shape index (κ2) is 7.26. The molecule has 0 aliphatic carbocycles. The van der Waals surface area contributed by atoms with Gasteiger partial charge >= 0.3 is 0 Å². The van der Waals surface area contributed by atoms with Gasteiger partial charge in [-0.05, 0) is 0 Å². The second-order valence-corrected chi connectivity index (χ2v) is 3.78. The largest absolute Gasteiger partial charge is 0.379 e. The van der Waals surface area contributed by atoms with E-state index < -0.39 is 0 Å². The first-order valence-electron chi connectivity index (χ1n) is 4.71. The fourth-order valence-electron chi connectivity index (χ4n) is 0.947. The number of hydrogen-bond donors (Lipinski definition) is 1. The molecule has 0 atom stereocenters. The van der Waals surface area contributed by atoms with Crippen LogP contribution in [0.2, 0.25) is 0 Å². The third-order valence-electron chi connectivity index (χ3n) is 2.00. The van der Waals surface area contributed by atoms with Crippen molar-refractivity contribution in [3.8, 4) is 0 Å². The van der Waals surface area contributed by atoms with E-state index in [-0.39, 0.29) is 0 Å². The minimum Gasteiger partial charge on any atom is -0.379 e. The van der Waals surface area contributed by atoms with Gasteiger partial charge in [0.2, 0.25) is 0 Å². The number of nitrogens with zero attached hydrogens (tertiary/aromatic N) is 1. The number of hydrogen-bond acceptors (Lipinski definition) is 3. The van der Waals surface area contributed by atoms with Gasteiger partial charge in [-0.3, -0.25) is 0 Å². The maximum absolute atomic E-state index is 5.32. The van der Waals surface area contributed by atoms with Gasteiger partial charge in [0.05, 0.1) is 33.9 Å². The molecular weight excluding hydrogens is 168 g/mol. The molecule has 0 aromatic heterocycles. The lowest BCUT2D eigenvalue weighted by atomic mass is 10.4. The van der Waals surface area contributed by atoms with Gasteiger partial charge in [-0.25, -0.2) is 0 Å². The Balaban J connectivity index is 3.39. The SMILES string of the molecule is COCC[N+](C)(C)CCOCCN. The molecule has 0 unspecified atom stereocenters. The van der Waals surface area contributed by atoms with E-state index in [9.17, 15) is 0 Å². The molecule has 0 bridgehead atoms. The summed E-state index contributed by atoms with van der Waals surface area (Å²) in [5, 5.41) is 0. The summed E-state index contributed by atoms with van der Waals surface area (Å²) >= 11 is 0. The highest BCUT2D eigenvalue weighted by atomic mass is 16.5. The highest BCUT2D eigenvalue weighted by Crippen LogP contribution is 1.95. The molecule has 0 aromatic carbocycles. The van der Waals surface area contributed by atoms with E-state index in [0.717, 1.165) is 30.8 Å². The summed E-state index contributed by atoms with van der Waals surface area (Å²) in [5.41, 5.74) is 5.31. The van der Waals surface area contributed by atoms with Crippen molar-refractivity contribution in [3.05, 3.63) is 0 Å². The van der Waals surface area contributed by atoms with Crippen molar-refractivity contribution >= 4 is 0 Å². The summed E-state index contributed by atoms with van der Waals surface area (Å²) in [4.78, 5) is 0. The fourth-order valence-corrected chi connectivity index (χ4v) is 0.947. The average molecular weight is 191 g/mol. The van der Waals surface area contributed by atoms with Crippen LogP contribution in [-0.4, -0.2) is 65.1 Å². The van der Waals surface area contributed by atoms with Crippen molar-refractivity contribution in [1.82, 2.24) is 0 Å². The third-order valence-corrected chi connectivity index (χ3v) is 2.00.